The summed E-state index contributed by atoms with van der Waals surface area (Å²) in [6.45, 7) is 2.13. The van der Waals surface area contributed by atoms with E-state index < -0.39 is 0 Å². The van der Waals surface area contributed by atoms with Gasteiger partial charge in [-0.2, -0.15) is 0 Å². The van der Waals surface area contributed by atoms with Crippen molar-refractivity contribution in [2.75, 3.05) is 19.4 Å². The normalized spacial score (nSPS) is 14.3. The average Bonchev–Trinajstić information content (AvgIpc) is 3.20. The summed E-state index contributed by atoms with van der Waals surface area (Å²) in [7, 11) is 1.83. The number of carbonyl (C=O) groups excluding carboxylic acids is 1. The van der Waals surface area contributed by atoms with Crippen molar-refractivity contribution in [2.24, 2.45) is 0 Å². The molecule has 0 saturated heterocycles. The maximum Gasteiger partial charge on any atom is 0.260 e. The summed E-state index contributed by atoms with van der Waals surface area (Å²) < 4.78 is 5.48. The molecule has 0 heterocycles. The van der Waals surface area contributed by atoms with Crippen LogP contribution in [0.2, 0.25) is 0 Å². The maximum absolute atomic E-state index is 11.8. The van der Waals surface area contributed by atoms with E-state index in [0.29, 0.717) is 17.5 Å². The molecule has 0 atom stereocenters. The Morgan fingerprint density at radius 2 is 2.22 bits per heavy atom. The van der Waals surface area contributed by atoms with Crippen molar-refractivity contribution in [2.45, 2.75) is 32.2 Å². The standard InChI is InChI=1S/C14H20N2O2/c1-3-10-4-7-13(12(15)8-10)18-9-14(17)16(2)11-5-6-11/h4,7-8,11H,3,5-6,9,15H2,1-2H3. The van der Waals surface area contributed by atoms with Crippen molar-refractivity contribution in [3.63, 3.8) is 0 Å². The van der Waals surface area contributed by atoms with Crippen LogP contribution >= 0.6 is 0 Å². The molecule has 4 nitrogen and oxygen atoms in total. The first-order valence-corrected chi connectivity index (χ1v) is 6.38. The van der Waals surface area contributed by atoms with Crippen LogP contribution in [0.4, 0.5) is 5.69 Å². The summed E-state index contributed by atoms with van der Waals surface area (Å²) in [5.74, 6) is 0.598. The van der Waals surface area contributed by atoms with Crippen LogP contribution in [-0.2, 0) is 11.2 Å². The molecule has 18 heavy (non-hydrogen) atoms. The summed E-state index contributed by atoms with van der Waals surface area (Å²) in [6.07, 6.45) is 3.15. The third-order valence-corrected chi connectivity index (χ3v) is 3.32. The van der Waals surface area contributed by atoms with Gasteiger partial charge in [-0.05, 0) is 37.0 Å². The lowest BCUT2D eigenvalue weighted by molar-refractivity contribution is -0.132. The van der Waals surface area contributed by atoms with Gasteiger partial charge in [-0.15, -0.1) is 0 Å². The van der Waals surface area contributed by atoms with Crippen molar-refractivity contribution >= 4 is 11.6 Å². The van der Waals surface area contributed by atoms with E-state index >= 15 is 0 Å². The molecule has 2 N–H and O–H groups in total. The first-order valence-electron chi connectivity index (χ1n) is 6.38. The average molecular weight is 248 g/mol. The largest absolute Gasteiger partial charge is 0.482 e. The summed E-state index contributed by atoms with van der Waals surface area (Å²) in [4.78, 5) is 13.6. The molecule has 1 aromatic rings. The van der Waals surface area contributed by atoms with Crippen molar-refractivity contribution < 1.29 is 9.53 Å². The Hall–Kier alpha value is -1.71. The second-order valence-electron chi connectivity index (χ2n) is 4.75. The predicted molar refractivity (Wildman–Crippen MR) is 71.5 cm³/mol. The van der Waals surface area contributed by atoms with Gasteiger partial charge in [-0.25, -0.2) is 0 Å². The number of ether oxygens (including phenoxy) is 1. The van der Waals surface area contributed by atoms with E-state index in [1.165, 1.54) is 5.56 Å². The Balaban J connectivity index is 1.91. The molecule has 1 saturated carbocycles. The Kier molecular flexibility index (Phi) is 3.75. The number of rotatable bonds is 5. The lowest BCUT2D eigenvalue weighted by Gasteiger charge is -2.17. The highest BCUT2D eigenvalue weighted by Gasteiger charge is 2.29. The van der Waals surface area contributed by atoms with Crippen LogP contribution in [0.25, 0.3) is 0 Å². The highest BCUT2D eigenvalue weighted by Crippen LogP contribution is 2.26. The van der Waals surface area contributed by atoms with E-state index in [1.54, 1.807) is 4.90 Å². The van der Waals surface area contributed by atoms with Gasteiger partial charge in [0.05, 0.1) is 5.69 Å². The molecule has 0 radical (unpaired) electrons. The Labute approximate surface area is 108 Å². The van der Waals surface area contributed by atoms with Gasteiger partial charge in [0, 0.05) is 13.1 Å². The first kappa shape index (κ1) is 12.7. The summed E-state index contributed by atoms with van der Waals surface area (Å²) in [6, 6.07) is 6.12. The molecule has 0 bridgehead atoms. The number of anilines is 1. The fourth-order valence-electron chi connectivity index (χ4n) is 1.86. The van der Waals surface area contributed by atoms with E-state index in [1.807, 2.05) is 25.2 Å². The molecule has 0 unspecified atom stereocenters. The molecular weight excluding hydrogens is 228 g/mol. The fraction of sp³-hybridized carbons (Fsp3) is 0.500. The van der Waals surface area contributed by atoms with Gasteiger partial charge in [-0.1, -0.05) is 13.0 Å². The zero-order valence-electron chi connectivity index (χ0n) is 11.0. The molecule has 1 aromatic carbocycles. The summed E-state index contributed by atoms with van der Waals surface area (Å²) in [5.41, 5.74) is 7.64. The molecule has 1 amide bonds. The Bertz CT molecular complexity index is 441. The van der Waals surface area contributed by atoms with Gasteiger partial charge in [0.1, 0.15) is 5.75 Å². The van der Waals surface area contributed by atoms with Crippen molar-refractivity contribution in [3.05, 3.63) is 23.8 Å². The zero-order chi connectivity index (χ0) is 13.1. The number of nitrogen functional groups attached to an aromatic ring is 1. The van der Waals surface area contributed by atoms with E-state index in [9.17, 15) is 4.79 Å². The van der Waals surface area contributed by atoms with Crippen LogP contribution < -0.4 is 10.5 Å². The second kappa shape index (κ2) is 5.29. The highest BCUT2D eigenvalue weighted by molar-refractivity contribution is 5.78. The van der Waals surface area contributed by atoms with Crippen LogP contribution in [0.15, 0.2) is 18.2 Å². The van der Waals surface area contributed by atoms with E-state index in [4.69, 9.17) is 10.5 Å². The number of nitrogens with zero attached hydrogens (tertiary/aromatic N) is 1. The summed E-state index contributed by atoms with van der Waals surface area (Å²) in [5, 5.41) is 0. The van der Waals surface area contributed by atoms with Gasteiger partial charge in [-0.3, -0.25) is 4.79 Å². The number of nitrogens with two attached hydrogens (primary N) is 1. The number of amides is 1. The van der Waals surface area contributed by atoms with E-state index in [0.717, 1.165) is 19.3 Å². The molecule has 0 aromatic heterocycles. The third-order valence-electron chi connectivity index (χ3n) is 3.32. The van der Waals surface area contributed by atoms with Crippen LogP contribution in [-0.4, -0.2) is 30.5 Å². The molecular formula is C14H20N2O2. The van der Waals surface area contributed by atoms with Crippen molar-refractivity contribution in [3.8, 4) is 5.75 Å². The topological polar surface area (TPSA) is 55.6 Å². The number of likely N-dealkylation sites (N-methyl/N-ethyl adjacent to an activating group) is 1. The van der Waals surface area contributed by atoms with Gasteiger partial charge < -0.3 is 15.4 Å². The molecule has 98 valence electrons. The van der Waals surface area contributed by atoms with Crippen LogP contribution in [0.1, 0.15) is 25.3 Å². The number of benzene rings is 1. The number of hydrogen-bond acceptors (Lipinski definition) is 3. The van der Waals surface area contributed by atoms with Crippen LogP contribution in [0.3, 0.4) is 0 Å². The minimum Gasteiger partial charge on any atom is -0.482 e. The van der Waals surface area contributed by atoms with Gasteiger partial charge in [0.15, 0.2) is 6.61 Å². The van der Waals surface area contributed by atoms with Gasteiger partial charge >= 0.3 is 0 Å². The van der Waals surface area contributed by atoms with Crippen LogP contribution in [0.5, 0.6) is 5.75 Å². The Morgan fingerprint density at radius 3 is 2.78 bits per heavy atom. The molecule has 1 aliphatic rings. The van der Waals surface area contributed by atoms with E-state index in [-0.39, 0.29) is 12.5 Å². The minimum absolute atomic E-state index is 0.0106. The first-order chi connectivity index (χ1) is 8.61. The molecule has 0 aliphatic heterocycles. The fourth-order valence-corrected chi connectivity index (χ4v) is 1.86. The SMILES string of the molecule is CCc1ccc(OCC(=O)N(C)C2CC2)c(N)c1. The molecule has 2 rings (SSSR count). The highest BCUT2D eigenvalue weighted by atomic mass is 16.5. The van der Waals surface area contributed by atoms with Gasteiger partial charge in [0.2, 0.25) is 0 Å². The molecule has 4 heteroatoms. The minimum atomic E-state index is 0.0106. The summed E-state index contributed by atoms with van der Waals surface area (Å²) >= 11 is 0. The predicted octanol–water partition coefficient (Wildman–Crippen LogP) is 1.83. The molecule has 0 spiro atoms. The number of carbonyl (C=O) groups is 1. The lowest BCUT2D eigenvalue weighted by Crippen LogP contribution is -2.33. The third kappa shape index (κ3) is 2.94. The second-order valence-corrected chi connectivity index (χ2v) is 4.75. The quantitative estimate of drug-likeness (QED) is 0.809. The smallest absolute Gasteiger partial charge is 0.260 e. The lowest BCUT2D eigenvalue weighted by atomic mass is 10.1. The number of aryl methyl sites for hydroxylation is 1. The maximum atomic E-state index is 11.8. The van der Waals surface area contributed by atoms with Crippen molar-refractivity contribution in [1.29, 1.82) is 0 Å². The number of hydrogen-bond donors (Lipinski definition) is 1. The monoisotopic (exact) mass is 248 g/mol. The van der Waals surface area contributed by atoms with Crippen LogP contribution in [0, 0.1) is 0 Å². The zero-order valence-corrected chi connectivity index (χ0v) is 11.0. The Morgan fingerprint density at radius 1 is 1.50 bits per heavy atom. The van der Waals surface area contributed by atoms with Crippen molar-refractivity contribution in [1.82, 2.24) is 4.90 Å². The van der Waals surface area contributed by atoms with Gasteiger partial charge in [0.25, 0.3) is 5.91 Å². The van der Waals surface area contributed by atoms with E-state index in [2.05, 4.69) is 6.92 Å². The molecule has 1 aliphatic carbocycles. The molecule has 1 fully saturated rings.